The SMILES string of the molecule is C=C/C=[N+](/[O-])c1c(N=O)cccc1OC(=O)N1CCN(C)CC1. The van der Waals surface area contributed by atoms with E-state index in [2.05, 4.69) is 16.7 Å². The highest BCUT2D eigenvalue weighted by Gasteiger charge is 2.25. The van der Waals surface area contributed by atoms with Gasteiger partial charge in [-0.15, -0.1) is 4.91 Å². The average Bonchev–Trinajstić information content (AvgIpc) is 2.55. The largest absolute Gasteiger partial charge is 0.618 e. The number of carbonyl (C=O) groups excluding carboxylic acids is 1. The molecule has 1 fully saturated rings. The van der Waals surface area contributed by atoms with Crippen LogP contribution >= 0.6 is 0 Å². The minimum Gasteiger partial charge on any atom is -0.618 e. The molecule has 0 unspecified atom stereocenters. The van der Waals surface area contributed by atoms with Gasteiger partial charge in [0.25, 0.3) is 5.69 Å². The number of piperazine rings is 1. The van der Waals surface area contributed by atoms with E-state index in [1.54, 1.807) is 4.90 Å². The molecule has 0 atom stereocenters. The third-order valence-corrected chi connectivity index (χ3v) is 3.50. The maximum absolute atomic E-state index is 12.2. The molecule has 0 N–H and O–H groups in total. The lowest BCUT2D eigenvalue weighted by Crippen LogP contribution is -2.48. The van der Waals surface area contributed by atoms with Gasteiger partial charge in [0.2, 0.25) is 5.75 Å². The Morgan fingerprint density at radius 3 is 2.70 bits per heavy atom. The lowest BCUT2D eigenvalue weighted by Gasteiger charge is -2.31. The molecule has 23 heavy (non-hydrogen) atoms. The van der Waals surface area contributed by atoms with Crippen molar-refractivity contribution in [3.63, 3.8) is 0 Å². The Labute approximate surface area is 133 Å². The van der Waals surface area contributed by atoms with Gasteiger partial charge in [-0.2, -0.15) is 4.74 Å². The van der Waals surface area contributed by atoms with Gasteiger partial charge in [0.15, 0.2) is 11.9 Å². The molecule has 0 bridgehead atoms. The first kappa shape index (κ1) is 16.6. The first-order valence-corrected chi connectivity index (χ1v) is 7.10. The molecule has 122 valence electrons. The molecule has 1 aromatic rings. The number of rotatable bonds is 4. The van der Waals surface area contributed by atoms with Crippen LogP contribution in [0.15, 0.2) is 36.0 Å². The monoisotopic (exact) mass is 318 g/mol. The van der Waals surface area contributed by atoms with Crippen molar-refractivity contribution in [2.75, 3.05) is 33.2 Å². The minimum atomic E-state index is -0.561. The Morgan fingerprint density at radius 2 is 2.09 bits per heavy atom. The molecule has 1 aromatic carbocycles. The first-order valence-electron chi connectivity index (χ1n) is 7.10. The quantitative estimate of drug-likeness (QED) is 0.279. The normalized spacial score (nSPS) is 16.0. The fraction of sp³-hybridized carbons (Fsp3) is 0.333. The molecule has 0 radical (unpaired) electrons. The highest BCUT2D eigenvalue weighted by atomic mass is 16.6. The van der Waals surface area contributed by atoms with E-state index >= 15 is 0 Å². The predicted octanol–water partition coefficient (Wildman–Crippen LogP) is 2.23. The van der Waals surface area contributed by atoms with Gasteiger partial charge in [-0.1, -0.05) is 12.6 Å². The topological polar surface area (TPSA) is 88.3 Å². The van der Waals surface area contributed by atoms with Crippen LogP contribution < -0.4 is 4.74 Å². The third-order valence-electron chi connectivity index (χ3n) is 3.50. The zero-order valence-corrected chi connectivity index (χ0v) is 12.8. The summed E-state index contributed by atoms with van der Waals surface area (Å²) in [7, 11) is 1.97. The van der Waals surface area contributed by atoms with E-state index in [0.717, 1.165) is 19.3 Å². The van der Waals surface area contributed by atoms with Gasteiger partial charge in [0, 0.05) is 26.2 Å². The summed E-state index contributed by atoms with van der Waals surface area (Å²) in [5.74, 6) is -0.0147. The second-order valence-corrected chi connectivity index (χ2v) is 5.08. The van der Waals surface area contributed by atoms with E-state index in [1.807, 2.05) is 7.05 Å². The molecule has 1 aliphatic heterocycles. The highest BCUT2D eigenvalue weighted by Crippen LogP contribution is 2.36. The van der Waals surface area contributed by atoms with Crippen LogP contribution in [-0.4, -0.2) is 60.1 Å². The standard InChI is InChI=1S/C15H18N4O4/c1-3-7-19(22)14-12(16-21)5-4-6-13(14)23-15(20)18-10-8-17(2)9-11-18/h3-7H,1,8-11H2,2H3/b19-7+. The van der Waals surface area contributed by atoms with Gasteiger partial charge in [0.1, 0.15) is 0 Å². The molecule has 1 aliphatic rings. The number of hydrogen-bond donors (Lipinski definition) is 0. The smallest absolute Gasteiger partial charge is 0.415 e. The van der Waals surface area contributed by atoms with Crippen molar-refractivity contribution in [1.82, 2.24) is 9.80 Å². The van der Waals surface area contributed by atoms with E-state index in [4.69, 9.17) is 4.74 Å². The number of benzene rings is 1. The number of likely N-dealkylation sites (N-methyl/N-ethyl adjacent to an activating group) is 1. The number of hydrogen-bond acceptors (Lipinski definition) is 6. The summed E-state index contributed by atoms with van der Waals surface area (Å²) in [6, 6.07) is 4.31. The summed E-state index contributed by atoms with van der Waals surface area (Å²) in [4.78, 5) is 26.8. The van der Waals surface area contributed by atoms with Gasteiger partial charge in [-0.05, 0) is 30.4 Å². The molecular formula is C15H18N4O4. The first-order chi connectivity index (χ1) is 11.1. The van der Waals surface area contributed by atoms with E-state index in [-0.39, 0.29) is 17.1 Å². The summed E-state index contributed by atoms with van der Waals surface area (Å²) in [5.41, 5.74) is -0.230. The molecule has 1 amide bonds. The van der Waals surface area contributed by atoms with E-state index in [9.17, 15) is 14.9 Å². The van der Waals surface area contributed by atoms with Crippen LogP contribution in [0.3, 0.4) is 0 Å². The molecule has 1 heterocycles. The molecular weight excluding hydrogens is 300 g/mol. The Balaban J connectivity index is 2.25. The number of allylic oxidation sites excluding steroid dienone is 1. The third kappa shape index (κ3) is 3.92. The van der Waals surface area contributed by atoms with Crippen molar-refractivity contribution in [3.8, 4) is 5.75 Å². The van der Waals surface area contributed by atoms with Gasteiger partial charge in [0.05, 0.1) is 0 Å². The molecule has 8 nitrogen and oxygen atoms in total. The van der Waals surface area contributed by atoms with Gasteiger partial charge in [-0.25, -0.2) is 4.79 Å². The maximum Gasteiger partial charge on any atom is 0.415 e. The Kier molecular flexibility index (Phi) is 5.42. The van der Waals surface area contributed by atoms with Crippen LogP contribution in [0.4, 0.5) is 16.2 Å². The van der Waals surface area contributed by atoms with Crippen molar-refractivity contribution in [2.45, 2.75) is 0 Å². The maximum atomic E-state index is 12.2. The van der Waals surface area contributed by atoms with Crippen molar-refractivity contribution in [3.05, 3.63) is 41.0 Å². The van der Waals surface area contributed by atoms with Crippen LogP contribution in [0, 0.1) is 10.1 Å². The van der Waals surface area contributed by atoms with Crippen molar-refractivity contribution in [1.29, 1.82) is 0 Å². The number of nitrogens with zero attached hydrogens (tertiary/aromatic N) is 4. The summed E-state index contributed by atoms with van der Waals surface area (Å²) in [6.45, 7) is 5.99. The molecule has 0 aliphatic carbocycles. The molecule has 0 saturated carbocycles. The Bertz CT molecular complexity index is 636. The van der Waals surface area contributed by atoms with E-state index in [1.165, 1.54) is 24.3 Å². The average molecular weight is 318 g/mol. The molecule has 0 spiro atoms. The zero-order valence-electron chi connectivity index (χ0n) is 12.8. The summed E-state index contributed by atoms with van der Waals surface area (Å²) >= 11 is 0. The number of nitroso groups, excluding NO2 is 1. The minimum absolute atomic E-state index is 0.0147. The highest BCUT2D eigenvalue weighted by molar-refractivity contribution is 5.77. The number of ether oxygens (including phenoxy) is 1. The predicted molar refractivity (Wildman–Crippen MR) is 86.5 cm³/mol. The van der Waals surface area contributed by atoms with Crippen molar-refractivity contribution < 1.29 is 14.3 Å². The lowest BCUT2D eigenvalue weighted by atomic mass is 10.2. The fourth-order valence-corrected chi connectivity index (χ4v) is 2.21. The summed E-state index contributed by atoms with van der Waals surface area (Å²) < 4.78 is 5.70. The van der Waals surface area contributed by atoms with Gasteiger partial charge >= 0.3 is 6.09 Å². The van der Waals surface area contributed by atoms with E-state index in [0.29, 0.717) is 17.8 Å². The number of carbonyl (C=O) groups is 1. The van der Waals surface area contributed by atoms with Crippen LogP contribution in [-0.2, 0) is 0 Å². The molecule has 1 saturated heterocycles. The second-order valence-electron chi connectivity index (χ2n) is 5.08. The molecule has 8 heteroatoms. The molecule has 0 aromatic heterocycles. The van der Waals surface area contributed by atoms with E-state index < -0.39 is 6.09 Å². The number of amides is 1. The summed E-state index contributed by atoms with van der Waals surface area (Å²) in [6.07, 6.45) is 1.81. The molecule has 2 rings (SSSR count). The van der Waals surface area contributed by atoms with Crippen molar-refractivity contribution in [2.24, 2.45) is 5.18 Å². The van der Waals surface area contributed by atoms with Crippen LogP contribution in [0.5, 0.6) is 5.75 Å². The summed E-state index contributed by atoms with van der Waals surface area (Å²) in [5, 5.41) is 14.8. The Morgan fingerprint density at radius 1 is 1.39 bits per heavy atom. The van der Waals surface area contributed by atoms with Gasteiger partial charge in [-0.3, -0.25) is 0 Å². The number of para-hydroxylation sites is 1. The van der Waals surface area contributed by atoms with Crippen LogP contribution in [0.2, 0.25) is 0 Å². The zero-order chi connectivity index (χ0) is 16.8. The lowest BCUT2D eigenvalue weighted by molar-refractivity contribution is -0.354. The van der Waals surface area contributed by atoms with Gasteiger partial charge < -0.3 is 19.7 Å². The second kappa shape index (κ2) is 7.50. The van der Waals surface area contributed by atoms with Crippen LogP contribution in [0.1, 0.15) is 0 Å². The van der Waals surface area contributed by atoms with Crippen molar-refractivity contribution >= 4 is 23.7 Å². The van der Waals surface area contributed by atoms with Crippen LogP contribution in [0.25, 0.3) is 0 Å². The Hall–Kier alpha value is -2.74. The fourth-order valence-electron chi connectivity index (χ4n) is 2.21.